The summed E-state index contributed by atoms with van der Waals surface area (Å²) in [4.78, 5) is 0. The van der Waals surface area contributed by atoms with Gasteiger partial charge in [-0.25, -0.2) is 0 Å². The van der Waals surface area contributed by atoms with Gasteiger partial charge in [0.1, 0.15) is 0 Å². The van der Waals surface area contributed by atoms with Gasteiger partial charge in [0.15, 0.2) is 0 Å². The number of hydrogen-bond acceptors (Lipinski definition) is 2. The average molecular weight is 209 g/mol. The molecule has 0 saturated heterocycles. The van der Waals surface area contributed by atoms with E-state index < -0.39 is 0 Å². The highest BCUT2D eigenvalue weighted by atomic mass is 15.3. The van der Waals surface area contributed by atoms with Gasteiger partial charge in [-0.15, -0.1) is 0 Å². The molecule has 0 aliphatic carbocycles. The molecule has 1 rings (SSSR count). The number of aryl methyl sites for hydroxylation is 2. The van der Waals surface area contributed by atoms with Crippen molar-refractivity contribution in [1.29, 1.82) is 0 Å². The highest BCUT2D eigenvalue weighted by Crippen LogP contribution is 2.12. The normalized spacial score (nSPS) is 10.9. The van der Waals surface area contributed by atoms with Gasteiger partial charge in [-0.3, -0.25) is 4.68 Å². The van der Waals surface area contributed by atoms with Crippen LogP contribution in [0.5, 0.6) is 0 Å². The van der Waals surface area contributed by atoms with Crippen molar-refractivity contribution in [2.24, 2.45) is 0 Å². The minimum atomic E-state index is 0.954. The van der Waals surface area contributed by atoms with E-state index in [9.17, 15) is 0 Å². The van der Waals surface area contributed by atoms with Gasteiger partial charge < -0.3 is 5.32 Å². The maximum atomic E-state index is 4.56. The molecule has 15 heavy (non-hydrogen) atoms. The number of nitrogens with zero attached hydrogens (tertiary/aromatic N) is 2. The highest BCUT2D eigenvalue weighted by Gasteiger charge is 2.09. The first-order valence-corrected chi connectivity index (χ1v) is 5.94. The Morgan fingerprint density at radius 1 is 1.20 bits per heavy atom. The van der Waals surface area contributed by atoms with Crippen molar-refractivity contribution in [3.63, 3.8) is 0 Å². The molecule has 0 spiro atoms. The van der Waals surface area contributed by atoms with E-state index in [1.165, 1.54) is 23.4 Å². The van der Waals surface area contributed by atoms with Crippen LogP contribution in [0, 0.1) is 13.8 Å². The molecule has 1 aromatic heterocycles. The summed E-state index contributed by atoms with van der Waals surface area (Å²) < 4.78 is 2.12. The Morgan fingerprint density at radius 2 is 1.93 bits per heavy atom. The van der Waals surface area contributed by atoms with Crippen LogP contribution < -0.4 is 5.32 Å². The standard InChI is InChI=1S/C12H23N3/c1-5-7-13-9-12-10(3)14-15(8-6-2)11(12)4/h13H,5-9H2,1-4H3. The molecule has 1 N–H and O–H groups in total. The second kappa shape index (κ2) is 5.91. The molecule has 0 radical (unpaired) electrons. The number of nitrogens with one attached hydrogen (secondary N) is 1. The van der Waals surface area contributed by atoms with E-state index in [0.717, 1.165) is 26.1 Å². The molecule has 0 atom stereocenters. The Balaban J connectivity index is 2.69. The summed E-state index contributed by atoms with van der Waals surface area (Å²) in [6, 6.07) is 0. The molecule has 0 saturated carbocycles. The molecule has 1 heterocycles. The van der Waals surface area contributed by atoms with Crippen LogP contribution in [-0.4, -0.2) is 16.3 Å². The fourth-order valence-electron chi connectivity index (χ4n) is 1.81. The van der Waals surface area contributed by atoms with Crippen LogP contribution in [0.4, 0.5) is 0 Å². The van der Waals surface area contributed by atoms with Crippen molar-refractivity contribution >= 4 is 0 Å². The van der Waals surface area contributed by atoms with Gasteiger partial charge in [-0.2, -0.15) is 5.10 Å². The molecule has 0 aliphatic heterocycles. The SMILES string of the molecule is CCCNCc1c(C)nn(CCC)c1C. The summed E-state index contributed by atoms with van der Waals surface area (Å²) in [7, 11) is 0. The Morgan fingerprint density at radius 3 is 2.53 bits per heavy atom. The van der Waals surface area contributed by atoms with Crippen LogP contribution in [0.2, 0.25) is 0 Å². The van der Waals surface area contributed by atoms with E-state index in [-0.39, 0.29) is 0 Å². The molecule has 1 aromatic rings. The van der Waals surface area contributed by atoms with Crippen LogP contribution in [-0.2, 0) is 13.1 Å². The van der Waals surface area contributed by atoms with E-state index in [1.807, 2.05) is 0 Å². The van der Waals surface area contributed by atoms with Gasteiger partial charge in [0.05, 0.1) is 5.69 Å². The minimum Gasteiger partial charge on any atom is -0.313 e. The second-order valence-corrected chi connectivity index (χ2v) is 4.05. The maximum Gasteiger partial charge on any atom is 0.0641 e. The molecule has 0 bridgehead atoms. The molecule has 3 heteroatoms. The molecule has 0 fully saturated rings. The lowest BCUT2D eigenvalue weighted by Gasteiger charge is -2.04. The number of rotatable bonds is 6. The average Bonchev–Trinajstić information content (AvgIpc) is 2.46. The Kier molecular flexibility index (Phi) is 4.82. The second-order valence-electron chi connectivity index (χ2n) is 4.05. The quantitative estimate of drug-likeness (QED) is 0.729. The summed E-state index contributed by atoms with van der Waals surface area (Å²) >= 11 is 0. The molecule has 0 unspecified atom stereocenters. The fraction of sp³-hybridized carbons (Fsp3) is 0.750. The zero-order valence-corrected chi connectivity index (χ0v) is 10.4. The van der Waals surface area contributed by atoms with Gasteiger partial charge >= 0.3 is 0 Å². The first-order chi connectivity index (χ1) is 7.20. The summed E-state index contributed by atoms with van der Waals surface area (Å²) in [5.74, 6) is 0. The largest absolute Gasteiger partial charge is 0.313 e. The summed E-state index contributed by atoms with van der Waals surface area (Å²) in [5.41, 5.74) is 3.86. The van der Waals surface area contributed by atoms with E-state index in [2.05, 4.69) is 42.8 Å². The van der Waals surface area contributed by atoms with Crippen LogP contribution in [0.1, 0.15) is 43.6 Å². The van der Waals surface area contributed by atoms with E-state index in [4.69, 9.17) is 0 Å². The lowest BCUT2D eigenvalue weighted by atomic mass is 10.2. The van der Waals surface area contributed by atoms with Gasteiger partial charge in [-0.05, 0) is 33.2 Å². The molecule has 3 nitrogen and oxygen atoms in total. The van der Waals surface area contributed by atoms with Gasteiger partial charge in [-0.1, -0.05) is 13.8 Å². The molecular weight excluding hydrogens is 186 g/mol. The summed E-state index contributed by atoms with van der Waals surface area (Å²) in [6.07, 6.45) is 2.32. The van der Waals surface area contributed by atoms with Crippen molar-refractivity contribution < 1.29 is 0 Å². The van der Waals surface area contributed by atoms with Crippen molar-refractivity contribution in [1.82, 2.24) is 15.1 Å². The third-order valence-corrected chi connectivity index (χ3v) is 2.70. The third-order valence-electron chi connectivity index (χ3n) is 2.70. The van der Waals surface area contributed by atoms with Crippen LogP contribution in [0.25, 0.3) is 0 Å². The van der Waals surface area contributed by atoms with Crippen molar-refractivity contribution in [3.8, 4) is 0 Å². The molecule has 0 aromatic carbocycles. The smallest absolute Gasteiger partial charge is 0.0641 e. The maximum absolute atomic E-state index is 4.56. The number of aromatic nitrogens is 2. The van der Waals surface area contributed by atoms with E-state index in [1.54, 1.807) is 0 Å². The monoisotopic (exact) mass is 209 g/mol. The fourth-order valence-corrected chi connectivity index (χ4v) is 1.81. The van der Waals surface area contributed by atoms with Crippen molar-refractivity contribution in [2.75, 3.05) is 6.54 Å². The van der Waals surface area contributed by atoms with Gasteiger partial charge in [0.25, 0.3) is 0 Å². The van der Waals surface area contributed by atoms with E-state index in [0.29, 0.717) is 0 Å². The van der Waals surface area contributed by atoms with Gasteiger partial charge in [0, 0.05) is 24.3 Å². The number of hydrogen-bond donors (Lipinski definition) is 1. The molecule has 86 valence electrons. The van der Waals surface area contributed by atoms with Crippen LogP contribution in [0.3, 0.4) is 0 Å². The summed E-state index contributed by atoms with van der Waals surface area (Å²) in [5, 5.41) is 7.99. The topological polar surface area (TPSA) is 29.9 Å². The predicted molar refractivity (Wildman–Crippen MR) is 64.0 cm³/mol. The minimum absolute atomic E-state index is 0.954. The molecule has 0 amide bonds. The van der Waals surface area contributed by atoms with E-state index >= 15 is 0 Å². The van der Waals surface area contributed by atoms with Crippen molar-refractivity contribution in [3.05, 3.63) is 17.0 Å². The van der Waals surface area contributed by atoms with Crippen LogP contribution >= 0.6 is 0 Å². The van der Waals surface area contributed by atoms with Crippen LogP contribution in [0.15, 0.2) is 0 Å². The zero-order chi connectivity index (χ0) is 11.3. The van der Waals surface area contributed by atoms with Gasteiger partial charge in [0.2, 0.25) is 0 Å². The Labute approximate surface area is 92.9 Å². The predicted octanol–water partition coefficient (Wildman–Crippen LogP) is 2.41. The first kappa shape index (κ1) is 12.2. The highest BCUT2D eigenvalue weighted by molar-refractivity contribution is 5.24. The first-order valence-electron chi connectivity index (χ1n) is 5.94. The Bertz CT molecular complexity index is 302. The summed E-state index contributed by atoms with van der Waals surface area (Å²) in [6.45, 7) is 11.7. The molecular formula is C12H23N3. The molecule has 0 aliphatic rings. The lowest BCUT2D eigenvalue weighted by molar-refractivity contribution is 0.581. The third kappa shape index (κ3) is 3.06. The zero-order valence-electron chi connectivity index (χ0n) is 10.4. The Hall–Kier alpha value is -0.830. The van der Waals surface area contributed by atoms with Crippen molar-refractivity contribution in [2.45, 2.75) is 53.6 Å². The lowest BCUT2D eigenvalue weighted by Crippen LogP contribution is -2.15.